The lowest BCUT2D eigenvalue weighted by molar-refractivity contribution is 0.110. The highest BCUT2D eigenvalue weighted by molar-refractivity contribution is 5.70. The number of hydrogen-bond acceptors (Lipinski definition) is 2. The standard InChI is InChI=1S/C10H12O2/c11-6-10-5-9(7-12-10)8-3-1-2-4-8/h5-8H,1-4H2. The van der Waals surface area contributed by atoms with Gasteiger partial charge in [-0.2, -0.15) is 0 Å². The Morgan fingerprint density at radius 2 is 2.17 bits per heavy atom. The zero-order valence-corrected chi connectivity index (χ0v) is 6.95. The molecule has 1 aromatic heterocycles. The van der Waals surface area contributed by atoms with E-state index in [2.05, 4.69) is 0 Å². The summed E-state index contributed by atoms with van der Waals surface area (Å²) in [5.41, 5.74) is 1.20. The minimum atomic E-state index is 0.455. The van der Waals surface area contributed by atoms with Crippen LogP contribution in [0, 0.1) is 0 Å². The summed E-state index contributed by atoms with van der Waals surface area (Å²) in [6.07, 6.45) is 7.60. The summed E-state index contributed by atoms with van der Waals surface area (Å²) in [4.78, 5) is 10.3. The molecule has 0 amide bonds. The molecule has 1 heterocycles. The summed E-state index contributed by atoms with van der Waals surface area (Å²) in [6, 6.07) is 1.86. The van der Waals surface area contributed by atoms with E-state index < -0.39 is 0 Å². The third kappa shape index (κ3) is 1.29. The van der Waals surface area contributed by atoms with Crippen molar-refractivity contribution in [2.24, 2.45) is 0 Å². The maximum atomic E-state index is 10.3. The molecule has 1 aromatic rings. The van der Waals surface area contributed by atoms with Crippen LogP contribution in [0.1, 0.15) is 47.7 Å². The molecule has 0 radical (unpaired) electrons. The van der Waals surface area contributed by atoms with Crippen LogP contribution in [0.4, 0.5) is 0 Å². The van der Waals surface area contributed by atoms with Crippen LogP contribution in [-0.4, -0.2) is 6.29 Å². The van der Waals surface area contributed by atoms with E-state index in [9.17, 15) is 4.79 Å². The first-order valence-electron chi connectivity index (χ1n) is 4.44. The quantitative estimate of drug-likeness (QED) is 0.629. The normalized spacial score (nSPS) is 18.3. The molecule has 0 spiro atoms. The molecule has 1 fully saturated rings. The highest BCUT2D eigenvalue weighted by Gasteiger charge is 2.18. The van der Waals surface area contributed by atoms with Crippen molar-refractivity contribution in [2.45, 2.75) is 31.6 Å². The van der Waals surface area contributed by atoms with Crippen molar-refractivity contribution in [3.8, 4) is 0 Å². The Bertz CT molecular complexity index is 269. The predicted molar refractivity (Wildman–Crippen MR) is 45.3 cm³/mol. The van der Waals surface area contributed by atoms with Gasteiger partial charge in [0.1, 0.15) is 0 Å². The van der Waals surface area contributed by atoms with E-state index in [-0.39, 0.29) is 0 Å². The van der Waals surface area contributed by atoms with Crippen molar-refractivity contribution in [3.05, 3.63) is 23.7 Å². The summed E-state index contributed by atoms with van der Waals surface area (Å²) in [5, 5.41) is 0. The van der Waals surface area contributed by atoms with E-state index in [1.165, 1.54) is 31.2 Å². The van der Waals surface area contributed by atoms with Gasteiger partial charge in [-0.15, -0.1) is 0 Å². The zero-order chi connectivity index (χ0) is 8.39. The number of hydrogen-bond donors (Lipinski definition) is 0. The molecule has 1 aliphatic carbocycles. The average molecular weight is 164 g/mol. The Kier molecular flexibility index (Phi) is 1.98. The second-order valence-corrected chi connectivity index (χ2v) is 3.38. The van der Waals surface area contributed by atoms with Crippen molar-refractivity contribution in [3.63, 3.8) is 0 Å². The van der Waals surface area contributed by atoms with Gasteiger partial charge < -0.3 is 4.42 Å². The fourth-order valence-corrected chi connectivity index (χ4v) is 1.90. The molecule has 2 rings (SSSR count). The van der Waals surface area contributed by atoms with Crippen LogP contribution in [0.25, 0.3) is 0 Å². The highest BCUT2D eigenvalue weighted by Crippen LogP contribution is 2.34. The summed E-state index contributed by atoms with van der Waals surface area (Å²) < 4.78 is 5.06. The van der Waals surface area contributed by atoms with Crippen LogP contribution in [-0.2, 0) is 0 Å². The van der Waals surface area contributed by atoms with Gasteiger partial charge >= 0.3 is 0 Å². The molecule has 0 atom stereocenters. The second-order valence-electron chi connectivity index (χ2n) is 3.38. The monoisotopic (exact) mass is 164 g/mol. The fraction of sp³-hybridized carbons (Fsp3) is 0.500. The summed E-state index contributed by atoms with van der Waals surface area (Å²) in [6.45, 7) is 0. The minimum Gasteiger partial charge on any atom is -0.461 e. The Labute approximate surface area is 71.6 Å². The Balaban J connectivity index is 2.16. The van der Waals surface area contributed by atoms with Gasteiger partial charge in [0, 0.05) is 0 Å². The Morgan fingerprint density at radius 1 is 1.42 bits per heavy atom. The van der Waals surface area contributed by atoms with Crippen molar-refractivity contribution in [1.29, 1.82) is 0 Å². The van der Waals surface area contributed by atoms with Gasteiger partial charge in [0.25, 0.3) is 0 Å². The zero-order valence-electron chi connectivity index (χ0n) is 6.95. The molecule has 2 nitrogen and oxygen atoms in total. The van der Waals surface area contributed by atoms with Crippen LogP contribution in [0.5, 0.6) is 0 Å². The minimum absolute atomic E-state index is 0.455. The summed E-state index contributed by atoms with van der Waals surface area (Å²) in [7, 11) is 0. The van der Waals surface area contributed by atoms with Gasteiger partial charge in [-0.25, -0.2) is 0 Å². The first kappa shape index (κ1) is 7.59. The van der Waals surface area contributed by atoms with Crippen LogP contribution in [0.15, 0.2) is 16.7 Å². The second kappa shape index (κ2) is 3.13. The molecule has 0 aromatic carbocycles. The number of carbonyl (C=O) groups excluding carboxylic acids is 1. The lowest BCUT2D eigenvalue weighted by Crippen LogP contribution is -1.87. The maximum absolute atomic E-state index is 10.3. The van der Waals surface area contributed by atoms with Crippen molar-refractivity contribution < 1.29 is 9.21 Å². The number of carbonyl (C=O) groups is 1. The smallest absolute Gasteiger partial charge is 0.185 e. The van der Waals surface area contributed by atoms with Crippen molar-refractivity contribution in [1.82, 2.24) is 0 Å². The maximum Gasteiger partial charge on any atom is 0.185 e. The first-order valence-corrected chi connectivity index (χ1v) is 4.44. The topological polar surface area (TPSA) is 30.2 Å². The molecule has 0 aliphatic heterocycles. The SMILES string of the molecule is O=Cc1cc(C2CCCC2)co1. The molecule has 1 saturated carbocycles. The Morgan fingerprint density at radius 3 is 2.75 bits per heavy atom. The number of aldehydes is 1. The molecule has 0 bridgehead atoms. The van der Waals surface area contributed by atoms with E-state index in [4.69, 9.17) is 4.42 Å². The summed E-state index contributed by atoms with van der Waals surface area (Å²) >= 11 is 0. The van der Waals surface area contributed by atoms with Gasteiger partial charge in [-0.1, -0.05) is 12.8 Å². The number of rotatable bonds is 2. The van der Waals surface area contributed by atoms with Crippen LogP contribution in [0.3, 0.4) is 0 Å². The largest absolute Gasteiger partial charge is 0.461 e. The van der Waals surface area contributed by atoms with E-state index in [0.29, 0.717) is 11.7 Å². The molecule has 2 heteroatoms. The van der Waals surface area contributed by atoms with Crippen molar-refractivity contribution in [2.75, 3.05) is 0 Å². The van der Waals surface area contributed by atoms with E-state index in [1.807, 2.05) is 6.07 Å². The lowest BCUT2D eigenvalue weighted by atomic mass is 10.0. The molecule has 0 saturated heterocycles. The van der Waals surface area contributed by atoms with Gasteiger partial charge in [0.15, 0.2) is 12.0 Å². The molecule has 12 heavy (non-hydrogen) atoms. The van der Waals surface area contributed by atoms with Gasteiger partial charge in [-0.05, 0) is 30.4 Å². The summed E-state index contributed by atoms with van der Waals surface area (Å²) in [5.74, 6) is 1.10. The van der Waals surface area contributed by atoms with Crippen LogP contribution < -0.4 is 0 Å². The van der Waals surface area contributed by atoms with Crippen molar-refractivity contribution >= 4 is 6.29 Å². The Hall–Kier alpha value is -1.05. The van der Waals surface area contributed by atoms with Gasteiger partial charge in [0.05, 0.1) is 6.26 Å². The lowest BCUT2D eigenvalue weighted by Gasteiger charge is -2.02. The van der Waals surface area contributed by atoms with Crippen LogP contribution in [0.2, 0.25) is 0 Å². The molecule has 1 aliphatic rings. The van der Waals surface area contributed by atoms with Gasteiger partial charge in [0.2, 0.25) is 0 Å². The molecule has 0 N–H and O–H groups in total. The van der Waals surface area contributed by atoms with Crippen LogP contribution >= 0.6 is 0 Å². The fourth-order valence-electron chi connectivity index (χ4n) is 1.90. The average Bonchev–Trinajstić information content (AvgIpc) is 2.75. The predicted octanol–water partition coefficient (Wildman–Crippen LogP) is 2.75. The molecular formula is C10H12O2. The van der Waals surface area contributed by atoms with E-state index in [0.717, 1.165) is 6.29 Å². The molecular weight excluding hydrogens is 152 g/mol. The van der Waals surface area contributed by atoms with Gasteiger partial charge in [-0.3, -0.25) is 4.79 Å². The highest BCUT2D eigenvalue weighted by atomic mass is 16.3. The first-order chi connectivity index (χ1) is 5.90. The van der Waals surface area contributed by atoms with E-state index >= 15 is 0 Å². The molecule has 0 unspecified atom stereocenters. The van der Waals surface area contributed by atoms with E-state index in [1.54, 1.807) is 6.26 Å². The third-order valence-electron chi connectivity index (χ3n) is 2.58. The number of furan rings is 1. The molecule has 64 valence electrons. The third-order valence-corrected chi connectivity index (χ3v) is 2.58.